The summed E-state index contributed by atoms with van der Waals surface area (Å²) in [5, 5.41) is 3.04. The summed E-state index contributed by atoms with van der Waals surface area (Å²) in [4.78, 5) is 24.4. The molecule has 2 N–H and O–H groups in total. The first-order valence-electron chi connectivity index (χ1n) is 8.45. The molecular formula is C18H23N5O. The number of amides is 1. The molecule has 0 radical (unpaired) electrons. The molecule has 6 heteroatoms. The van der Waals surface area contributed by atoms with Gasteiger partial charge in [0.05, 0.1) is 17.4 Å². The maximum atomic E-state index is 12.7. The minimum atomic E-state index is -0.242. The fourth-order valence-corrected chi connectivity index (χ4v) is 3.04. The lowest BCUT2D eigenvalue weighted by Crippen LogP contribution is -2.34. The van der Waals surface area contributed by atoms with E-state index in [1.165, 1.54) is 0 Å². The molecule has 3 rings (SSSR count). The van der Waals surface area contributed by atoms with Gasteiger partial charge in [-0.1, -0.05) is 26.0 Å². The monoisotopic (exact) mass is 325 g/mol. The normalized spacial score (nSPS) is 12.4. The summed E-state index contributed by atoms with van der Waals surface area (Å²) in [6.45, 7) is 4.69. The highest BCUT2D eigenvalue weighted by atomic mass is 16.2. The summed E-state index contributed by atoms with van der Waals surface area (Å²) in [6.07, 6.45) is 5.70. The van der Waals surface area contributed by atoms with Crippen LogP contribution in [-0.4, -0.2) is 32.0 Å². The number of aryl methyl sites for hydroxylation is 1. The van der Waals surface area contributed by atoms with Gasteiger partial charge in [-0.3, -0.25) is 4.79 Å². The van der Waals surface area contributed by atoms with Crippen molar-refractivity contribution in [3.05, 3.63) is 48.3 Å². The third-order valence-electron chi connectivity index (χ3n) is 4.23. The van der Waals surface area contributed by atoms with Crippen molar-refractivity contribution in [2.24, 2.45) is 0 Å². The fraction of sp³-hybridized carbons (Fsp3) is 0.389. The third-order valence-corrected chi connectivity index (χ3v) is 4.23. The number of H-pyrrole nitrogens is 1. The van der Waals surface area contributed by atoms with E-state index in [0.29, 0.717) is 6.54 Å². The fourth-order valence-electron chi connectivity index (χ4n) is 3.04. The van der Waals surface area contributed by atoms with Crippen LogP contribution in [-0.2, 0) is 17.6 Å². The van der Waals surface area contributed by atoms with Gasteiger partial charge in [0.25, 0.3) is 0 Å². The number of nitrogens with one attached hydrogen (secondary N) is 2. The maximum Gasteiger partial charge on any atom is 0.243 e. The second-order valence-corrected chi connectivity index (χ2v) is 5.78. The van der Waals surface area contributed by atoms with Crippen molar-refractivity contribution in [3.63, 3.8) is 0 Å². The predicted octanol–water partition coefficient (Wildman–Crippen LogP) is 2.63. The number of imidazole rings is 2. The van der Waals surface area contributed by atoms with Gasteiger partial charge in [0.1, 0.15) is 11.9 Å². The standard InChI is InChI=1S/C18H23N5O/c1-3-15(18(24)20-10-9-13-11-19-12-21-13)23-16-8-6-5-7-14(16)22-17(23)4-2/h5-8,11-12,15H,3-4,9-10H2,1-2H3,(H,19,21)(H,20,24)/t15-/m1/s1. The molecule has 1 aromatic carbocycles. The summed E-state index contributed by atoms with van der Waals surface area (Å²) in [5.74, 6) is 0.988. The Morgan fingerprint density at radius 3 is 2.88 bits per heavy atom. The van der Waals surface area contributed by atoms with Gasteiger partial charge in [-0.25, -0.2) is 9.97 Å². The van der Waals surface area contributed by atoms with Crippen molar-refractivity contribution >= 4 is 16.9 Å². The molecule has 0 saturated carbocycles. The van der Waals surface area contributed by atoms with E-state index in [1.807, 2.05) is 31.2 Å². The molecule has 0 aliphatic heterocycles. The van der Waals surface area contributed by atoms with Crippen molar-refractivity contribution in [3.8, 4) is 0 Å². The van der Waals surface area contributed by atoms with Gasteiger partial charge in [-0.2, -0.15) is 0 Å². The first-order chi connectivity index (χ1) is 11.7. The molecule has 0 unspecified atom stereocenters. The molecule has 6 nitrogen and oxygen atoms in total. The van der Waals surface area contributed by atoms with Gasteiger partial charge in [0.15, 0.2) is 0 Å². The number of nitrogens with zero attached hydrogens (tertiary/aromatic N) is 3. The largest absolute Gasteiger partial charge is 0.354 e. The van der Waals surface area contributed by atoms with Crippen LogP contribution in [0.3, 0.4) is 0 Å². The van der Waals surface area contributed by atoms with Gasteiger partial charge >= 0.3 is 0 Å². The van der Waals surface area contributed by atoms with Crippen molar-refractivity contribution in [2.75, 3.05) is 6.54 Å². The molecule has 2 heterocycles. The maximum absolute atomic E-state index is 12.7. The van der Waals surface area contributed by atoms with E-state index >= 15 is 0 Å². The van der Waals surface area contributed by atoms with E-state index in [2.05, 4.69) is 31.8 Å². The van der Waals surface area contributed by atoms with E-state index in [0.717, 1.165) is 41.8 Å². The molecule has 0 aliphatic carbocycles. The number of fused-ring (bicyclic) bond motifs is 1. The molecule has 0 saturated heterocycles. The van der Waals surface area contributed by atoms with Crippen LogP contribution in [0.25, 0.3) is 11.0 Å². The number of rotatable bonds is 7. The Morgan fingerprint density at radius 2 is 2.17 bits per heavy atom. The Bertz CT molecular complexity index is 806. The molecule has 126 valence electrons. The SMILES string of the molecule is CCc1nc2ccccc2n1[C@H](CC)C(=O)NCCc1cnc[nH]1. The molecular weight excluding hydrogens is 302 g/mol. The van der Waals surface area contributed by atoms with Crippen molar-refractivity contribution in [1.29, 1.82) is 0 Å². The van der Waals surface area contributed by atoms with Crippen molar-refractivity contribution in [2.45, 2.75) is 39.2 Å². The minimum absolute atomic E-state index is 0.0369. The second kappa shape index (κ2) is 7.29. The number of hydrogen-bond acceptors (Lipinski definition) is 3. The van der Waals surface area contributed by atoms with Crippen molar-refractivity contribution in [1.82, 2.24) is 24.8 Å². The van der Waals surface area contributed by atoms with Gasteiger partial charge in [-0.05, 0) is 18.6 Å². The molecule has 0 aliphatic rings. The minimum Gasteiger partial charge on any atom is -0.354 e. The van der Waals surface area contributed by atoms with Crippen LogP contribution in [0.5, 0.6) is 0 Å². The summed E-state index contributed by atoms with van der Waals surface area (Å²) >= 11 is 0. The van der Waals surface area contributed by atoms with Crippen LogP contribution < -0.4 is 5.32 Å². The number of carbonyl (C=O) groups is 1. The average molecular weight is 325 g/mol. The molecule has 2 aromatic heterocycles. The summed E-state index contributed by atoms with van der Waals surface area (Å²) in [7, 11) is 0. The van der Waals surface area contributed by atoms with E-state index in [4.69, 9.17) is 0 Å². The molecule has 0 bridgehead atoms. The lowest BCUT2D eigenvalue weighted by Gasteiger charge is -2.19. The number of hydrogen-bond donors (Lipinski definition) is 2. The highest BCUT2D eigenvalue weighted by Gasteiger charge is 2.23. The topological polar surface area (TPSA) is 75.6 Å². The Kier molecular flexibility index (Phi) is 4.93. The molecule has 0 spiro atoms. The quantitative estimate of drug-likeness (QED) is 0.701. The molecule has 1 atom stereocenters. The Labute approximate surface area is 141 Å². The lowest BCUT2D eigenvalue weighted by atomic mass is 10.1. The predicted molar refractivity (Wildman–Crippen MR) is 93.7 cm³/mol. The Morgan fingerprint density at radius 1 is 1.33 bits per heavy atom. The average Bonchev–Trinajstić information content (AvgIpc) is 3.23. The van der Waals surface area contributed by atoms with Crippen LogP contribution in [0.1, 0.15) is 37.8 Å². The van der Waals surface area contributed by atoms with Crippen LogP contribution >= 0.6 is 0 Å². The Balaban J connectivity index is 1.79. The highest BCUT2D eigenvalue weighted by Crippen LogP contribution is 2.24. The van der Waals surface area contributed by atoms with Gasteiger partial charge < -0.3 is 14.9 Å². The summed E-state index contributed by atoms with van der Waals surface area (Å²) < 4.78 is 2.08. The zero-order valence-corrected chi connectivity index (χ0v) is 14.1. The third kappa shape index (κ3) is 3.18. The summed E-state index contributed by atoms with van der Waals surface area (Å²) in [5.41, 5.74) is 2.98. The summed E-state index contributed by atoms with van der Waals surface area (Å²) in [6, 6.07) is 7.75. The van der Waals surface area contributed by atoms with E-state index in [9.17, 15) is 4.79 Å². The molecule has 24 heavy (non-hydrogen) atoms. The van der Waals surface area contributed by atoms with Crippen LogP contribution in [0, 0.1) is 0 Å². The van der Waals surface area contributed by atoms with Gasteiger partial charge in [-0.15, -0.1) is 0 Å². The number of benzene rings is 1. The number of para-hydroxylation sites is 2. The van der Waals surface area contributed by atoms with Crippen LogP contribution in [0.4, 0.5) is 0 Å². The zero-order chi connectivity index (χ0) is 16.9. The zero-order valence-electron chi connectivity index (χ0n) is 14.1. The lowest BCUT2D eigenvalue weighted by molar-refractivity contribution is -0.124. The molecule has 1 amide bonds. The molecule has 3 aromatic rings. The van der Waals surface area contributed by atoms with E-state index < -0.39 is 0 Å². The Hall–Kier alpha value is -2.63. The first kappa shape index (κ1) is 16.2. The first-order valence-corrected chi connectivity index (χ1v) is 8.45. The molecule has 0 fully saturated rings. The van der Waals surface area contributed by atoms with E-state index in [1.54, 1.807) is 12.5 Å². The number of aromatic nitrogens is 4. The van der Waals surface area contributed by atoms with E-state index in [-0.39, 0.29) is 11.9 Å². The number of carbonyl (C=O) groups excluding carboxylic acids is 1. The van der Waals surface area contributed by atoms with Crippen LogP contribution in [0.2, 0.25) is 0 Å². The second-order valence-electron chi connectivity index (χ2n) is 5.78. The highest BCUT2D eigenvalue weighted by molar-refractivity contribution is 5.84. The smallest absolute Gasteiger partial charge is 0.243 e. The number of aromatic amines is 1. The van der Waals surface area contributed by atoms with Crippen LogP contribution in [0.15, 0.2) is 36.8 Å². The van der Waals surface area contributed by atoms with Gasteiger partial charge in [0.2, 0.25) is 5.91 Å². The van der Waals surface area contributed by atoms with Gasteiger partial charge in [0, 0.05) is 31.3 Å². The van der Waals surface area contributed by atoms with Crippen molar-refractivity contribution < 1.29 is 4.79 Å².